The van der Waals surface area contributed by atoms with Crippen molar-refractivity contribution in [3.63, 3.8) is 0 Å². The molecule has 0 saturated carbocycles. The number of guanidine groups is 1. The van der Waals surface area contributed by atoms with Crippen LogP contribution in [0, 0.1) is 0 Å². The molecule has 2 N–H and O–H groups in total. The average Bonchev–Trinajstić information content (AvgIpc) is 2.84. The Kier molecular flexibility index (Phi) is 3.36. The van der Waals surface area contributed by atoms with E-state index in [1.54, 1.807) is 0 Å². The lowest BCUT2D eigenvalue weighted by Gasteiger charge is -2.30. The minimum Gasteiger partial charge on any atom is -0.370 e. The summed E-state index contributed by atoms with van der Waals surface area (Å²) < 4.78 is 2.20. The Morgan fingerprint density at radius 3 is 2.94 bits per heavy atom. The van der Waals surface area contributed by atoms with E-state index in [1.165, 1.54) is 5.69 Å². The number of aliphatic imine (C=N–C) groups is 1. The summed E-state index contributed by atoms with van der Waals surface area (Å²) in [6.07, 6.45) is 4.93. The SMILES string of the molecule is CCCn1cncc1C1CN=C(N)N1C(C)C. The highest BCUT2D eigenvalue weighted by atomic mass is 15.3. The molecule has 0 fully saturated rings. The topological polar surface area (TPSA) is 59.4 Å². The van der Waals surface area contributed by atoms with Gasteiger partial charge in [-0.3, -0.25) is 4.99 Å². The van der Waals surface area contributed by atoms with E-state index in [4.69, 9.17) is 5.73 Å². The van der Waals surface area contributed by atoms with Crippen LogP contribution in [0.2, 0.25) is 0 Å². The summed E-state index contributed by atoms with van der Waals surface area (Å²) in [5.41, 5.74) is 7.16. The molecular weight excluding hydrogens is 214 g/mol. The molecule has 0 saturated heterocycles. The Balaban J connectivity index is 2.25. The number of hydrogen-bond donors (Lipinski definition) is 1. The van der Waals surface area contributed by atoms with Crippen LogP contribution in [0.25, 0.3) is 0 Å². The molecule has 94 valence electrons. The van der Waals surface area contributed by atoms with E-state index < -0.39 is 0 Å². The molecule has 2 rings (SSSR count). The second-order valence-corrected chi connectivity index (χ2v) is 4.73. The van der Waals surface area contributed by atoms with E-state index in [0.29, 0.717) is 12.0 Å². The highest BCUT2D eigenvalue weighted by Crippen LogP contribution is 2.27. The van der Waals surface area contributed by atoms with Crippen molar-refractivity contribution in [2.45, 2.75) is 45.8 Å². The number of hydrogen-bond acceptors (Lipinski definition) is 4. The van der Waals surface area contributed by atoms with Gasteiger partial charge in [-0.15, -0.1) is 0 Å². The Labute approximate surface area is 102 Å². The van der Waals surface area contributed by atoms with Crippen LogP contribution in [0.1, 0.15) is 38.9 Å². The first-order valence-corrected chi connectivity index (χ1v) is 6.23. The standard InChI is InChI=1S/C12H21N5/c1-4-5-16-8-14-6-10(16)11-7-15-12(13)17(11)9(2)3/h6,8-9,11H,4-5,7H2,1-3H3,(H2,13,15). The van der Waals surface area contributed by atoms with E-state index >= 15 is 0 Å². The molecule has 0 aromatic carbocycles. The van der Waals surface area contributed by atoms with Gasteiger partial charge in [-0.1, -0.05) is 6.92 Å². The number of rotatable bonds is 4. The van der Waals surface area contributed by atoms with Gasteiger partial charge < -0.3 is 15.2 Å². The van der Waals surface area contributed by atoms with Crippen molar-refractivity contribution < 1.29 is 0 Å². The van der Waals surface area contributed by atoms with Gasteiger partial charge >= 0.3 is 0 Å². The van der Waals surface area contributed by atoms with Crippen molar-refractivity contribution in [2.24, 2.45) is 10.7 Å². The second kappa shape index (κ2) is 4.77. The Hall–Kier alpha value is -1.52. The first-order valence-electron chi connectivity index (χ1n) is 6.23. The molecule has 1 aromatic rings. The van der Waals surface area contributed by atoms with Gasteiger partial charge in [0.25, 0.3) is 0 Å². The Morgan fingerprint density at radius 1 is 1.53 bits per heavy atom. The number of aromatic nitrogens is 2. The van der Waals surface area contributed by atoms with Crippen LogP contribution in [-0.4, -0.2) is 33.0 Å². The van der Waals surface area contributed by atoms with Gasteiger partial charge in [-0.25, -0.2) is 4.98 Å². The van der Waals surface area contributed by atoms with Gasteiger partial charge in [0.2, 0.25) is 0 Å². The smallest absolute Gasteiger partial charge is 0.192 e. The molecule has 0 amide bonds. The predicted octanol–water partition coefficient (Wildman–Crippen LogP) is 1.37. The van der Waals surface area contributed by atoms with Crippen LogP contribution >= 0.6 is 0 Å². The molecule has 0 aliphatic carbocycles. The highest BCUT2D eigenvalue weighted by Gasteiger charge is 2.31. The minimum atomic E-state index is 0.240. The van der Waals surface area contributed by atoms with E-state index in [0.717, 1.165) is 19.5 Å². The number of aryl methyl sites for hydroxylation is 1. The Morgan fingerprint density at radius 2 is 2.29 bits per heavy atom. The van der Waals surface area contributed by atoms with Gasteiger partial charge in [0, 0.05) is 12.6 Å². The zero-order valence-electron chi connectivity index (χ0n) is 10.8. The molecule has 1 atom stereocenters. The van der Waals surface area contributed by atoms with Crippen LogP contribution < -0.4 is 5.73 Å². The third-order valence-electron chi connectivity index (χ3n) is 3.13. The first kappa shape index (κ1) is 12.0. The molecule has 1 aromatic heterocycles. The lowest BCUT2D eigenvalue weighted by molar-refractivity contribution is 0.279. The minimum absolute atomic E-state index is 0.240. The molecular formula is C12H21N5. The molecule has 2 heterocycles. The van der Waals surface area contributed by atoms with Crippen molar-refractivity contribution in [1.82, 2.24) is 14.5 Å². The maximum Gasteiger partial charge on any atom is 0.192 e. The lowest BCUT2D eigenvalue weighted by Crippen LogP contribution is -2.41. The van der Waals surface area contributed by atoms with E-state index in [-0.39, 0.29) is 6.04 Å². The fraction of sp³-hybridized carbons (Fsp3) is 0.667. The van der Waals surface area contributed by atoms with Crippen molar-refractivity contribution in [1.29, 1.82) is 0 Å². The van der Waals surface area contributed by atoms with E-state index in [9.17, 15) is 0 Å². The summed E-state index contributed by atoms with van der Waals surface area (Å²) in [6.45, 7) is 8.18. The summed E-state index contributed by atoms with van der Waals surface area (Å²) in [6, 6.07) is 0.597. The van der Waals surface area contributed by atoms with Gasteiger partial charge in [0.15, 0.2) is 5.96 Å². The molecule has 1 aliphatic heterocycles. The van der Waals surface area contributed by atoms with Gasteiger partial charge in [-0.2, -0.15) is 0 Å². The fourth-order valence-corrected chi connectivity index (χ4v) is 2.41. The molecule has 0 bridgehead atoms. The van der Waals surface area contributed by atoms with Gasteiger partial charge in [0.05, 0.1) is 30.8 Å². The second-order valence-electron chi connectivity index (χ2n) is 4.73. The number of nitrogens with two attached hydrogens (primary N) is 1. The monoisotopic (exact) mass is 235 g/mol. The average molecular weight is 235 g/mol. The summed E-state index contributed by atoms with van der Waals surface area (Å²) in [7, 11) is 0. The molecule has 5 nitrogen and oxygen atoms in total. The summed E-state index contributed by atoms with van der Waals surface area (Å²) in [5, 5.41) is 0. The zero-order valence-corrected chi connectivity index (χ0v) is 10.8. The van der Waals surface area contributed by atoms with Crippen molar-refractivity contribution in [3.05, 3.63) is 18.2 Å². The van der Waals surface area contributed by atoms with E-state index in [2.05, 4.69) is 40.2 Å². The number of imidazole rings is 1. The van der Waals surface area contributed by atoms with Crippen LogP contribution in [0.3, 0.4) is 0 Å². The molecule has 0 radical (unpaired) electrons. The largest absolute Gasteiger partial charge is 0.370 e. The summed E-state index contributed by atoms with van der Waals surface area (Å²) >= 11 is 0. The molecule has 1 aliphatic rings. The lowest BCUT2D eigenvalue weighted by atomic mass is 10.1. The molecule has 5 heteroatoms. The van der Waals surface area contributed by atoms with Crippen molar-refractivity contribution in [3.8, 4) is 0 Å². The van der Waals surface area contributed by atoms with Crippen LogP contribution in [-0.2, 0) is 6.54 Å². The molecule has 17 heavy (non-hydrogen) atoms. The maximum atomic E-state index is 5.95. The van der Waals surface area contributed by atoms with Crippen LogP contribution in [0.4, 0.5) is 0 Å². The van der Waals surface area contributed by atoms with E-state index in [1.807, 2.05) is 12.5 Å². The maximum absolute atomic E-state index is 5.95. The first-order chi connectivity index (χ1) is 8.15. The van der Waals surface area contributed by atoms with Crippen LogP contribution in [0.5, 0.6) is 0 Å². The quantitative estimate of drug-likeness (QED) is 0.857. The fourth-order valence-electron chi connectivity index (χ4n) is 2.41. The summed E-state index contributed by atoms with van der Waals surface area (Å²) in [4.78, 5) is 10.8. The molecule has 1 unspecified atom stereocenters. The summed E-state index contributed by atoms with van der Waals surface area (Å²) in [5.74, 6) is 0.647. The van der Waals surface area contributed by atoms with Crippen molar-refractivity contribution >= 4 is 5.96 Å². The zero-order chi connectivity index (χ0) is 12.4. The highest BCUT2D eigenvalue weighted by molar-refractivity contribution is 5.80. The van der Waals surface area contributed by atoms with Gasteiger partial charge in [-0.05, 0) is 20.3 Å². The normalized spacial score (nSPS) is 20.1. The predicted molar refractivity (Wildman–Crippen MR) is 68.7 cm³/mol. The third-order valence-corrected chi connectivity index (χ3v) is 3.13. The number of nitrogens with zero attached hydrogens (tertiary/aromatic N) is 4. The van der Waals surface area contributed by atoms with Crippen molar-refractivity contribution in [2.75, 3.05) is 6.54 Å². The van der Waals surface area contributed by atoms with Crippen LogP contribution in [0.15, 0.2) is 17.5 Å². The molecule has 0 spiro atoms. The van der Waals surface area contributed by atoms with Gasteiger partial charge in [0.1, 0.15) is 0 Å². The Bertz CT molecular complexity index is 407. The third kappa shape index (κ3) is 2.14.